The monoisotopic (exact) mass is 335 g/mol. The van der Waals surface area contributed by atoms with E-state index in [1.54, 1.807) is 6.20 Å². The van der Waals surface area contributed by atoms with Crippen LogP contribution in [0.4, 0.5) is 11.8 Å². The van der Waals surface area contributed by atoms with Crippen LogP contribution < -0.4 is 10.2 Å². The van der Waals surface area contributed by atoms with Crippen LogP contribution in [0.3, 0.4) is 0 Å². The second kappa shape index (κ2) is 8.25. The lowest BCUT2D eigenvalue weighted by Gasteiger charge is -2.34. The molecule has 0 aromatic carbocycles. The van der Waals surface area contributed by atoms with Crippen LogP contribution in [-0.4, -0.2) is 79.9 Å². The Kier molecular flexibility index (Phi) is 5.81. The van der Waals surface area contributed by atoms with E-state index in [1.807, 2.05) is 11.0 Å². The number of aromatic nitrogens is 2. The summed E-state index contributed by atoms with van der Waals surface area (Å²) in [5.74, 6) is 1.56. The topological polar surface area (TPSA) is 79.8 Å². The standard InChI is InChI=1S/C16H25N5O3/c1-23-12-15(22)20-6-8-21(9-7-20)16-17-5-4-14(19-16)18-13-3-2-10-24-11-13/h4-5,13H,2-3,6-12H2,1H3,(H,17,18,19). The van der Waals surface area contributed by atoms with Gasteiger partial charge in [0.2, 0.25) is 11.9 Å². The van der Waals surface area contributed by atoms with E-state index in [0.717, 1.165) is 45.0 Å². The number of nitrogens with one attached hydrogen (secondary N) is 1. The van der Waals surface area contributed by atoms with Crippen LogP contribution in [0, 0.1) is 0 Å². The summed E-state index contributed by atoms with van der Waals surface area (Å²) in [6, 6.07) is 2.20. The van der Waals surface area contributed by atoms with Gasteiger partial charge in [-0.3, -0.25) is 4.79 Å². The molecular weight excluding hydrogens is 310 g/mol. The van der Waals surface area contributed by atoms with Gasteiger partial charge in [-0.2, -0.15) is 4.98 Å². The molecular formula is C16H25N5O3. The Morgan fingerprint density at radius 1 is 1.42 bits per heavy atom. The average Bonchev–Trinajstić information content (AvgIpc) is 2.63. The maximum absolute atomic E-state index is 11.8. The first kappa shape index (κ1) is 16.9. The number of rotatable bonds is 5. The van der Waals surface area contributed by atoms with Crippen molar-refractivity contribution in [1.82, 2.24) is 14.9 Å². The zero-order valence-electron chi connectivity index (χ0n) is 14.1. The van der Waals surface area contributed by atoms with Gasteiger partial charge in [-0.1, -0.05) is 0 Å². The lowest BCUT2D eigenvalue weighted by atomic mass is 10.1. The predicted molar refractivity (Wildman–Crippen MR) is 90.2 cm³/mol. The van der Waals surface area contributed by atoms with Gasteiger partial charge >= 0.3 is 0 Å². The molecule has 0 aliphatic carbocycles. The van der Waals surface area contributed by atoms with Crippen molar-refractivity contribution in [3.63, 3.8) is 0 Å². The minimum Gasteiger partial charge on any atom is -0.379 e. The number of nitrogens with zero attached hydrogens (tertiary/aromatic N) is 4. The molecule has 8 heteroatoms. The molecule has 8 nitrogen and oxygen atoms in total. The number of amides is 1. The molecule has 1 aromatic heterocycles. The van der Waals surface area contributed by atoms with Crippen LogP contribution >= 0.6 is 0 Å². The second-order valence-corrected chi connectivity index (χ2v) is 6.10. The molecule has 2 fully saturated rings. The molecule has 3 rings (SSSR count). The fraction of sp³-hybridized carbons (Fsp3) is 0.688. The van der Waals surface area contributed by atoms with Gasteiger partial charge in [-0.05, 0) is 18.9 Å². The highest BCUT2D eigenvalue weighted by molar-refractivity contribution is 5.77. The molecule has 0 radical (unpaired) electrons. The van der Waals surface area contributed by atoms with Crippen molar-refractivity contribution in [2.45, 2.75) is 18.9 Å². The summed E-state index contributed by atoms with van der Waals surface area (Å²) in [5, 5.41) is 3.42. The lowest BCUT2D eigenvalue weighted by Crippen LogP contribution is -2.50. The van der Waals surface area contributed by atoms with Crippen LogP contribution in [0.2, 0.25) is 0 Å². The molecule has 2 aliphatic heterocycles. The van der Waals surface area contributed by atoms with Crippen LogP contribution in [0.15, 0.2) is 12.3 Å². The van der Waals surface area contributed by atoms with Crippen molar-refractivity contribution >= 4 is 17.7 Å². The number of methoxy groups -OCH3 is 1. The maximum atomic E-state index is 11.8. The van der Waals surface area contributed by atoms with E-state index in [4.69, 9.17) is 9.47 Å². The predicted octanol–water partition coefficient (Wildman–Crippen LogP) is 0.363. The van der Waals surface area contributed by atoms with Gasteiger partial charge in [0.15, 0.2) is 0 Å². The number of ether oxygens (including phenoxy) is 2. The van der Waals surface area contributed by atoms with E-state index in [2.05, 4.69) is 20.2 Å². The summed E-state index contributed by atoms with van der Waals surface area (Å²) in [5.41, 5.74) is 0. The summed E-state index contributed by atoms with van der Waals surface area (Å²) >= 11 is 0. The number of carbonyl (C=O) groups is 1. The Hall–Kier alpha value is -1.93. The third-order valence-electron chi connectivity index (χ3n) is 4.34. The summed E-state index contributed by atoms with van der Waals surface area (Å²) in [4.78, 5) is 24.8. The molecule has 1 unspecified atom stereocenters. The highest BCUT2D eigenvalue weighted by atomic mass is 16.5. The first-order chi connectivity index (χ1) is 11.8. The minimum atomic E-state index is 0.0331. The zero-order chi connectivity index (χ0) is 16.8. The first-order valence-electron chi connectivity index (χ1n) is 8.45. The Bertz CT molecular complexity index is 542. The Morgan fingerprint density at radius 3 is 2.96 bits per heavy atom. The van der Waals surface area contributed by atoms with Gasteiger partial charge in [0.05, 0.1) is 12.6 Å². The molecule has 2 saturated heterocycles. The molecule has 24 heavy (non-hydrogen) atoms. The summed E-state index contributed by atoms with van der Waals surface area (Å²) in [6.07, 6.45) is 3.95. The quantitative estimate of drug-likeness (QED) is 0.832. The highest BCUT2D eigenvalue weighted by Gasteiger charge is 2.22. The molecule has 0 spiro atoms. The number of anilines is 2. The van der Waals surface area contributed by atoms with Crippen molar-refractivity contribution in [1.29, 1.82) is 0 Å². The van der Waals surface area contributed by atoms with E-state index in [9.17, 15) is 4.79 Å². The van der Waals surface area contributed by atoms with Crippen LogP contribution in [0.5, 0.6) is 0 Å². The van der Waals surface area contributed by atoms with Gasteiger partial charge in [0, 0.05) is 46.1 Å². The maximum Gasteiger partial charge on any atom is 0.248 e. The molecule has 132 valence electrons. The molecule has 1 N–H and O–H groups in total. The minimum absolute atomic E-state index is 0.0331. The van der Waals surface area contributed by atoms with Crippen molar-refractivity contribution in [3.8, 4) is 0 Å². The lowest BCUT2D eigenvalue weighted by molar-refractivity contribution is -0.135. The first-order valence-corrected chi connectivity index (χ1v) is 8.45. The fourth-order valence-corrected chi connectivity index (χ4v) is 3.02. The van der Waals surface area contributed by atoms with Crippen molar-refractivity contribution in [3.05, 3.63) is 12.3 Å². The third-order valence-corrected chi connectivity index (χ3v) is 4.34. The summed E-state index contributed by atoms with van der Waals surface area (Å²) in [6.45, 7) is 4.49. The summed E-state index contributed by atoms with van der Waals surface area (Å²) < 4.78 is 10.4. The molecule has 2 aliphatic rings. The molecule has 0 bridgehead atoms. The number of hydrogen-bond acceptors (Lipinski definition) is 7. The van der Waals surface area contributed by atoms with E-state index in [-0.39, 0.29) is 12.5 Å². The molecule has 1 atom stereocenters. The number of hydrogen-bond donors (Lipinski definition) is 1. The normalized spacial score (nSPS) is 21.6. The van der Waals surface area contributed by atoms with E-state index in [0.29, 0.717) is 25.1 Å². The van der Waals surface area contributed by atoms with Crippen molar-refractivity contribution in [2.24, 2.45) is 0 Å². The van der Waals surface area contributed by atoms with Crippen LogP contribution in [0.1, 0.15) is 12.8 Å². The van der Waals surface area contributed by atoms with Crippen LogP contribution in [0.25, 0.3) is 0 Å². The third kappa shape index (κ3) is 4.33. The second-order valence-electron chi connectivity index (χ2n) is 6.10. The number of piperazine rings is 1. The fourth-order valence-electron chi connectivity index (χ4n) is 3.02. The summed E-state index contributed by atoms with van der Waals surface area (Å²) in [7, 11) is 1.54. The van der Waals surface area contributed by atoms with Crippen molar-refractivity contribution in [2.75, 3.05) is 63.3 Å². The van der Waals surface area contributed by atoms with Crippen LogP contribution in [-0.2, 0) is 14.3 Å². The van der Waals surface area contributed by atoms with E-state index in [1.165, 1.54) is 7.11 Å². The van der Waals surface area contributed by atoms with Gasteiger partial charge in [0.1, 0.15) is 12.4 Å². The Morgan fingerprint density at radius 2 is 2.25 bits per heavy atom. The van der Waals surface area contributed by atoms with Gasteiger partial charge < -0.3 is 24.6 Å². The van der Waals surface area contributed by atoms with Crippen molar-refractivity contribution < 1.29 is 14.3 Å². The van der Waals surface area contributed by atoms with Gasteiger partial charge in [0.25, 0.3) is 0 Å². The molecule has 1 aromatic rings. The molecule has 0 saturated carbocycles. The van der Waals surface area contributed by atoms with E-state index < -0.39 is 0 Å². The zero-order valence-corrected chi connectivity index (χ0v) is 14.1. The average molecular weight is 335 g/mol. The largest absolute Gasteiger partial charge is 0.379 e. The Labute approximate surface area is 142 Å². The number of carbonyl (C=O) groups excluding carboxylic acids is 1. The molecule has 3 heterocycles. The molecule has 1 amide bonds. The smallest absolute Gasteiger partial charge is 0.248 e. The highest BCUT2D eigenvalue weighted by Crippen LogP contribution is 2.16. The SMILES string of the molecule is COCC(=O)N1CCN(c2nccc(NC3CCCOC3)n2)CC1. The van der Waals surface area contributed by atoms with Gasteiger partial charge in [-0.15, -0.1) is 0 Å². The Balaban J connectivity index is 1.55. The van der Waals surface area contributed by atoms with Gasteiger partial charge in [-0.25, -0.2) is 4.98 Å². The van der Waals surface area contributed by atoms with E-state index >= 15 is 0 Å².